The maximum absolute atomic E-state index is 14.7. The summed E-state index contributed by atoms with van der Waals surface area (Å²) in [5.74, 6) is -19.2. The summed E-state index contributed by atoms with van der Waals surface area (Å²) < 4.78 is 128. The Balaban J connectivity index is 2.59. The highest BCUT2D eigenvalue weighted by atomic mass is 19.4. The summed E-state index contributed by atoms with van der Waals surface area (Å²) in [6, 6.07) is 7.67. The molecule has 0 aromatic heterocycles. The highest BCUT2D eigenvalue weighted by Crippen LogP contribution is 2.57. The Labute approximate surface area is 286 Å². The second kappa shape index (κ2) is 17.8. The van der Waals surface area contributed by atoms with Crippen LogP contribution in [0.25, 0.3) is 0 Å². The summed E-state index contributed by atoms with van der Waals surface area (Å²) in [5.41, 5.74) is -3.89. The van der Waals surface area contributed by atoms with Gasteiger partial charge in [0, 0.05) is 30.4 Å². The van der Waals surface area contributed by atoms with E-state index < -0.39 is 46.3 Å². The maximum atomic E-state index is 14.7. The predicted molar refractivity (Wildman–Crippen MR) is 172 cm³/mol. The molecule has 2 aromatic rings. The number of hydrogen-bond acceptors (Lipinski definition) is 6. The Morgan fingerprint density at radius 1 is 0.740 bits per heavy atom. The molecule has 2 aromatic carbocycles. The molecule has 0 bridgehead atoms. The van der Waals surface area contributed by atoms with E-state index >= 15 is 0 Å². The van der Waals surface area contributed by atoms with E-state index in [1.807, 2.05) is 0 Å². The van der Waals surface area contributed by atoms with Gasteiger partial charge in [0.1, 0.15) is 29.3 Å². The van der Waals surface area contributed by atoms with E-state index in [0.29, 0.717) is 11.8 Å². The smallest absolute Gasteiger partial charge is 0.460 e. The standard InChI is InChI=1S/C35H42F9N5O/c1-6-10-12-23(8-3)21-49(22-24(9-4)13-11-7-2)28-14-15-29(30(18-28)50-5)47-48-31-25(19-45)16-27(17-26(31)20-46)32(36,37)33(38,39)34(40,41)35(42,43)44/h14-18,23-24H,6-13,21-22H2,1-5H3. The number of methoxy groups -OCH3 is 1. The lowest BCUT2D eigenvalue weighted by molar-refractivity contribution is -0.399. The molecule has 2 unspecified atom stereocenters. The van der Waals surface area contributed by atoms with E-state index in [4.69, 9.17) is 4.74 Å². The minimum Gasteiger partial charge on any atom is -0.494 e. The lowest BCUT2D eigenvalue weighted by Crippen LogP contribution is -2.59. The maximum Gasteiger partial charge on any atom is 0.460 e. The van der Waals surface area contributed by atoms with Gasteiger partial charge in [-0.3, -0.25) is 0 Å². The lowest BCUT2D eigenvalue weighted by atomic mass is 9.93. The van der Waals surface area contributed by atoms with Gasteiger partial charge in [-0.2, -0.15) is 50.0 Å². The normalized spacial score (nSPS) is 13.9. The molecule has 50 heavy (non-hydrogen) atoms. The minimum absolute atomic E-state index is 0.0286. The van der Waals surface area contributed by atoms with Crippen molar-refractivity contribution in [1.29, 1.82) is 10.5 Å². The van der Waals surface area contributed by atoms with E-state index in [9.17, 15) is 50.0 Å². The Morgan fingerprint density at radius 2 is 1.24 bits per heavy atom. The molecule has 0 amide bonds. The van der Waals surface area contributed by atoms with Crippen LogP contribution >= 0.6 is 0 Å². The zero-order valence-electron chi connectivity index (χ0n) is 28.7. The number of halogens is 9. The number of alkyl halides is 9. The predicted octanol–water partition coefficient (Wildman–Crippen LogP) is 12.0. The highest BCUT2D eigenvalue weighted by Gasteiger charge is 2.82. The van der Waals surface area contributed by atoms with Gasteiger partial charge >= 0.3 is 23.9 Å². The fourth-order valence-corrected chi connectivity index (χ4v) is 5.44. The molecule has 276 valence electrons. The lowest BCUT2D eigenvalue weighted by Gasteiger charge is -2.34. The molecule has 0 spiro atoms. The van der Waals surface area contributed by atoms with E-state index in [1.165, 1.54) is 19.2 Å². The first-order valence-electron chi connectivity index (χ1n) is 16.4. The summed E-state index contributed by atoms with van der Waals surface area (Å²) in [4.78, 5) is 2.30. The van der Waals surface area contributed by atoms with Crippen molar-refractivity contribution < 1.29 is 44.3 Å². The van der Waals surface area contributed by atoms with Crippen LogP contribution in [0.5, 0.6) is 5.75 Å². The number of ether oxygens (including phenoxy) is 1. The topological polar surface area (TPSA) is 84.8 Å². The molecule has 15 heteroatoms. The van der Waals surface area contributed by atoms with Gasteiger partial charge in [-0.1, -0.05) is 66.2 Å². The van der Waals surface area contributed by atoms with Crippen molar-refractivity contribution in [3.05, 3.63) is 47.0 Å². The number of anilines is 1. The Bertz CT molecular complexity index is 1480. The molecule has 0 radical (unpaired) electrons. The monoisotopic (exact) mass is 719 g/mol. The zero-order chi connectivity index (χ0) is 37.9. The third-order valence-corrected chi connectivity index (χ3v) is 8.69. The molecule has 0 fully saturated rings. The number of hydrogen-bond donors (Lipinski definition) is 0. The number of azo groups is 1. The molecule has 0 saturated heterocycles. The van der Waals surface area contributed by atoms with Crippen LogP contribution in [-0.4, -0.2) is 38.2 Å². The number of benzene rings is 2. The Morgan fingerprint density at radius 3 is 1.64 bits per heavy atom. The van der Waals surface area contributed by atoms with E-state index in [2.05, 4.69) is 42.8 Å². The van der Waals surface area contributed by atoms with Crippen LogP contribution in [-0.2, 0) is 5.92 Å². The average molecular weight is 720 g/mol. The molecular weight excluding hydrogens is 677 g/mol. The number of unbranched alkanes of at least 4 members (excludes halogenated alkanes) is 2. The summed E-state index contributed by atoms with van der Waals surface area (Å²) in [5, 5.41) is 26.9. The number of rotatable bonds is 19. The summed E-state index contributed by atoms with van der Waals surface area (Å²) >= 11 is 0. The van der Waals surface area contributed by atoms with Crippen LogP contribution in [0.4, 0.5) is 56.6 Å². The van der Waals surface area contributed by atoms with E-state index in [1.54, 1.807) is 18.2 Å². The van der Waals surface area contributed by atoms with Crippen molar-refractivity contribution in [2.24, 2.45) is 22.1 Å². The fourth-order valence-electron chi connectivity index (χ4n) is 5.44. The van der Waals surface area contributed by atoms with Gasteiger partial charge in [0.15, 0.2) is 0 Å². The molecule has 0 N–H and O–H groups in total. The molecule has 2 atom stereocenters. The molecule has 0 heterocycles. The molecule has 0 aliphatic carbocycles. The van der Waals surface area contributed by atoms with Crippen molar-refractivity contribution >= 4 is 17.1 Å². The molecule has 0 aliphatic heterocycles. The summed E-state index contributed by atoms with van der Waals surface area (Å²) in [7, 11) is 1.36. The highest BCUT2D eigenvalue weighted by molar-refractivity contribution is 5.66. The van der Waals surface area contributed by atoms with Gasteiger partial charge < -0.3 is 9.64 Å². The Kier molecular flexibility index (Phi) is 15.0. The van der Waals surface area contributed by atoms with Crippen molar-refractivity contribution in [1.82, 2.24) is 0 Å². The van der Waals surface area contributed by atoms with E-state index in [0.717, 1.165) is 70.1 Å². The molecule has 6 nitrogen and oxygen atoms in total. The first-order valence-corrected chi connectivity index (χ1v) is 16.4. The SMILES string of the molecule is CCCCC(CC)CN(CC(CC)CCCC)c1ccc(N=Nc2c(C#N)cc(C(F)(F)C(F)(F)C(F)(F)C(F)(F)F)cc2C#N)c(OC)c1. The summed E-state index contributed by atoms with van der Waals surface area (Å²) in [6.07, 6.45) is 1.41. The quantitative estimate of drug-likeness (QED) is 0.107. The minimum atomic E-state index is -7.15. The van der Waals surface area contributed by atoms with Crippen LogP contribution in [0, 0.1) is 34.5 Å². The van der Waals surface area contributed by atoms with Gasteiger partial charge in [0.2, 0.25) is 0 Å². The number of nitrogens with zero attached hydrogens (tertiary/aromatic N) is 5. The first-order chi connectivity index (χ1) is 23.4. The average Bonchev–Trinajstić information content (AvgIpc) is 3.08. The van der Waals surface area contributed by atoms with Gasteiger partial charge in [-0.15, -0.1) is 10.2 Å². The van der Waals surface area contributed by atoms with Gasteiger partial charge in [0.25, 0.3) is 0 Å². The fraction of sp³-hybridized carbons (Fsp3) is 0.600. The third kappa shape index (κ3) is 9.40. The second-order valence-corrected chi connectivity index (χ2v) is 12.2. The first kappa shape index (κ1) is 42.2. The van der Waals surface area contributed by atoms with Crippen LogP contribution in [0.1, 0.15) is 95.8 Å². The third-order valence-electron chi connectivity index (χ3n) is 8.69. The number of nitriles is 2. The molecule has 0 aliphatic rings. The molecule has 0 saturated carbocycles. The van der Waals surface area contributed by atoms with Crippen LogP contribution in [0.15, 0.2) is 40.6 Å². The van der Waals surface area contributed by atoms with Crippen LogP contribution in [0.3, 0.4) is 0 Å². The van der Waals surface area contributed by atoms with Crippen molar-refractivity contribution in [3.8, 4) is 17.9 Å². The van der Waals surface area contributed by atoms with Gasteiger partial charge in [0.05, 0.1) is 18.2 Å². The molecular formula is C35H42F9N5O. The van der Waals surface area contributed by atoms with Crippen molar-refractivity contribution in [2.75, 3.05) is 25.1 Å². The zero-order valence-corrected chi connectivity index (χ0v) is 28.7. The second-order valence-electron chi connectivity index (χ2n) is 12.2. The van der Waals surface area contributed by atoms with Crippen LogP contribution in [0.2, 0.25) is 0 Å². The van der Waals surface area contributed by atoms with Gasteiger partial charge in [-0.25, -0.2) is 0 Å². The Hall–Kier alpha value is -4.01. The molecule has 2 rings (SSSR count). The van der Waals surface area contributed by atoms with Crippen LogP contribution < -0.4 is 9.64 Å². The van der Waals surface area contributed by atoms with Crippen molar-refractivity contribution in [2.45, 2.75) is 103 Å². The van der Waals surface area contributed by atoms with Crippen molar-refractivity contribution in [3.63, 3.8) is 0 Å². The van der Waals surface area contributed by atoms with Gasteiger partial charge in [-0.05, 0) is 48.9 Å². The summed E-state index contributed by atoms with van der Waals surface area (Å²) in [6.45, 7) is 10.2. The van der Waals surface area contributed by atoms with E-state index in [-0.39, 0.29) is 23.6 Å². The largest absolute Gasteiger partial charge is 0.494 e.